The van der Waals surface area contributed by atoms with Gasteiger partial charge in [-0.2, -0.15) is 0 Å². The molecule has 0 aliphatic carbocycles. The summed E-state index contributed by atoms with van der Waals surface area (Å²) in [6.45, 7) is 4.33. The first-order valence-electron chi connectivity index (χ1n) is 14.3. The van der Waals surface area contributed by atoms with Crippen molar-refractivity contribution in [1.29, 1.82) is 0 Å². The lowest BCUT2D eigenvalue weighted by molar-refractivity contribution is 0.0923. The summed E-state index contributed by atoms with van der Waals surface area (Å²) < 4.78 is 5.76. The molecule has 0 spiro atoms. The van der Waals surface area contributed by atoms with Gasteiger partial charge in [0.15, 0.2) is 0 Å². The summed E-state index contributed by atoms with van der Waals surface area (Å²) in [5.41, 5.74) is 0. The van der Waals surface area contributed by atoms with Crippen molar-refractivity contribution in [2.45, 2.75) is 148 Å². The Morgan fingerprint density at radius 3 is 0.939 bits per heavy atom. The second-order valence-corrected chi connectivity index (χ2v) is 9.38. The zero-order valence-corrected chi connectivity index (χ0v) is 22.2. The van der Waals surface area contributed by atoms with Crippen molar-refractivity contribution in [2.75, 3.05) is 33.0 Å². The summed E-state index contributed by atoms with van der Waals surface area (Å²) in [5.74, 6) is 0. The second-order valence-electron chi connectivity index (χ2n) is 9.38. The lowest BCUT2D eigenvalue weighted by Crippen LogP contribution is -2.08. The fourth-order valence-corrected chi connectivity index (χ4v) is 3.69. The third-order valence-electron chi connectivity index (χ3n) is 6.08. The van der Waals surface area contributed by atoms with Crippen molar-refractivity contribution in [1.82, 2.24) is 0 Å². The van der Waals surface area contributed by atoms with Gasteiger partial charge >= 0.3 is 0 Å². The van der Waals surface area contributed by atoms with E-state index in [1.165, 1.54) is 116 Å². The number of hydrogen-bond donors (Lipinski definition) is 4. The van der Waals surface area contributed by atoms with Crippen molar-refractivity contribution in [2.24, 2.45) is 0 Å². The zero-order valence-electron chi connectivity index (χ0n) is 22.2. The van der Waals surface area contributed by atoms with E-state index < -0.39 is 6.10 Å². The molecule has 5 nitrogen and oxygen atoms in total. The van der Waals surface area contributed by atoms with Crippen molar-refractivity contribution >= 4 is 0 Å². The largest absolute Gasteiger partial charge is 0.396 e. The molecule has 1 atom stereocenters. The van der Waals surface area contributed by atoms with Gasteiger partial charge in [-0.05, 0) is 32.1 Å². The lowest BCUT2D eigenvalue weighted by atomic mass is 10.1. The van der Waals surface area contributed by atoms with Crippen LogP contribution in [0.1, 0.15) is 142 Å². The molecule has 1 unspecified atom stereocenters. The molecule has 0 fully saturated rings. The molecule has 4 N–H and O–H groups in total. The topological polar surface area (TPSA) is 90.2 Å². The summed E-state index contributed by atoms with van der Waals surface area (Å²) in [4.78, 5) is 0. The number of hydrogen-bond acceptors (Lipinski definition) is 5. The molecule has 0 aromatic carbocycles. The third-order valence-corrected chi connectivity index (χ3v) is 6.08. The monoisotopic (exact) mass is 476 g/mol. The zero-order chi connectivity index (χ0) is 24.7. The number of aliphatic hydroxyl groups is 4. The molecule has 0 aliphatic rings. The maximum Gasteiger partial charge on any atom is 0.0768 e. The van der Waals surface area contributed by atoms with Crippen LogP contribution in [-0.2, 0) is 4.74 Å². The van der Waals surface area contributed by atoms with Crippen LogP contribution in [0.25, 0.3) is 0 Å². The van der Waals surface area contributed by atoms with Gasteiger partial charge in [0, 0.05) is 26.4 Å². The first-order chi connectivity index (χ1) is 16.2. The highest BCUT2D eigenvalue weighted by Crippen LogP contribution is 2.12. The van der Waals surface area contributed by atoms with Crippen LogP contribution in [0.2, 0.25) is 0 Å². The second kappa shape index (κ2) is 34.0. The fraction of sp³-hybridized carbons (Fsp3) is 1.00. The van der Waals surface area contributed by atoms with E-state index in [1.54, 1.807) is 0 Å². The normalized spacial score (nSPS) is 11.9. The van der Waals surface area contributed by atoms with Crippen molar-refractivity contribution in [3.05, 3.63) is 0 Å². The van der Waals surface area contributed by atoms with E-state index in [1.807, 2.05) is 6.92 Å². The third kappa shape index (κ3) is 36.5. The summed E-state index contributed by atoms with van der Waals surface area (Å²) in [6, 6.07) is 0. The van der Waals surface area contributed by atoms with E-state index in [9.17, 15) is 0 Å². The number of aliphatic hydroxyl groups excluding tert-OH is 4. The summed E-state index contributed by atoms with van der Waals surface area (Å²) >= 11 is 0. The number of unbranched alkanes of at least 4 members (excludes halogenated alkanes) is 18. The Morgan fingerprint density at radius 2 is 0.727 bits per heavy atom. The van der Waals surface area contributed by atoms with Gasteiger partial charge in [-0.15, -0.1) is 0 Å². The van der Waals surface area contributed by atoms with Crippen LogP contribution in [0.4, 0.5) is 0 Å². The quantitative estimate of drug-likeness (QED) is 0.106. The van der Waals surface area contributed by atoms with Gasteiger partial charge in [-0.3, -0.25) is 0 Å². The Bertz CT molecular complexity index is 287. The van der Waals surface area contributed by atoms with Gasteiger partial charge < -0.3 is 25.2 Å². The smallest absolute Gasteiger partial charge is 0.0768 e. The Morgan fingerprint density at radius 1 is 0.455 bits per heavy atom. The molecule has 0 aromatic heterocycles. The summed E-state index contributed by atoms with van der Waals surface area (Å²) in [7, 11) is 0. The molecular weight excluding hydrogens is 416 g/mol. The van der Waals surface area contributed by atoms with E-state index in [-0.39, 0.29) is 6.61 Å². The van der Waals surface area contributed by atoms with Crippen molar-refractivity contribution in [3.63, 3.8) is 0 Å². The highest BCUT2D eigenvalue weighted by Gasteiger charge is 1.96. The first-order valence-corrected chi connectivity index (χ1v) is 14.3. The van der Waals surface area contributed by atoms with Gasteiger partial charge in [0.25, 0.3) is 0 Å². The van der Waals surface area contributed by atoms with Crippen LogP contribution in [0.3, 0.4) is 0 Å². The Hall–Kier alpha value is -0.200. The molecule has 0 aliphatic heterocycles. The highest BCUT2D eigenvalue weighted by molar-refractivity contribution is 4.50. The minimum Gasteiger partial charge on any atom is -0.396 e. The average molecular weight is 477 g/mol. The van der Waals surface area contributed by atoms with E-state index in [0.29, 0.717) is 19.6 Å². The molecule has 0 saturated carbocycles. The molecule has 0 rings (SSSR count). The van der Waals surface area contributed by atoms with Crippen LogP contribution in [-0.4, -0.2) is 59.6 Å². The SMILES string of the molecule is CCC(O)CO.OCCCCCCCCCCCCOCCCCCCCCCCCCO. The Balaban J connectivity index is 0. The maximum absolute atomic E-state index is 8.72. The van der Waals surface area contributed by atoms with Gasteiger partial charge in [0.05, 0.1) is 12.7 Å². The van der Waals surface area contributed by atoms with Gasteiger partial charge in [-0.1, -0.05) is 110 Å². The van der Waals surface area contributed by atoms with Crippen LogP contribution in [0, 0.1) is 0 Å². The van der Waals surface area contributed by atoms with E-state index in [2.05, 4.69) is 0 Å². The first kappa shape index (κ1) is 35.0. The Labute approximate surface area is 206 Å². The lowest BCUT2D eigenvalue weighted by Gasteiger charge is -2.05. The van der Waals surface area contributed by atoms with E-state index in [0.717, 1.165) is 26.1 Å². The Kier molecular flexibility index (Phi) is 36.0. The molecule has 0 radical (unpaired) electrons. The van der Waals surface area contributed by atoms with E-state index in [4.69, 9.17) is 25.2 Å². The standard InChI is InChI=1S/C24H50O3.C4H10O2/c25-21-17-13-9-5-1-3-7-11-15-19-23-27-24-20-16-12-8-4-2-6-10-14-18-22-26;1-2-4(6)3-5/h25-26H,1-24H2;4-6H,2-3H2,1H3. The predicted molar refractivity (Wildman–Crippen MR) is 141 cm³/mol. The minimum atomic E-state index is -0.509. The molecule has 33 heavy (non-hydrogen) atoms. The fourth-order valence-electron chi connectivity index (χ4n) is 3.69. The van der Waals surface area contributed by atoms with Crippen LogP contribution in [0.15, 0.2) is 0 Å². The average Bonchev–Trinajstić information content (AvgIpc) is 2.84. The number of rotatable bonds is 26. The van der Waals surface area contributed by atoms with E-state index >= 15 is 0 Å². The van der Waals surface area contributed by atoms with Gasteiger partial charge in [0.1, 0.15) is 0 Å². The minimum absolute atomic E-state index is 0.115. The van der Waals surface area contributed by atoms with Crippen LogP contribution >= 0.6 is 0 Å². The highest BCUT2D eigenvalue weighted by atomic mass is 16.5. The summed E-state index contributed by atoms with van der Waals surface area (Å²) in [5, 5.41) is 33.9. The molecule has 0 bridgehead atoms. The molecule has 0 aromatic rings. The van der Waals surface area contributed by atoms with Gasteiger partial charge in [0.2, 0.25) is 0 Å². The molecular formula is C28H60O5. The van der Waals surface area contributed by atoms with Crippen molar-refractivity contribution in [3.8, 4) is 0 Å². The van der Waals surface area contributed by atoms with Gasteiger partial charge in [-0.25, -0.2) is 0 Å². The molecule has 202 valence electrons. The molecule has 5 heteroatoms. The molecule has 0 amide bonds. The van der Waals surface area contributed by atoms with Crippen LogP contribution in [0.5, 0.6) is 0 Å². The molecule has 0 heterocycles. The molecule has 0 saturated heterocycles. The number of ether oxygens (including phenoxy) is 1. The van der Waals surface area contributed by atoms with Crippen molar-refractivity contribution < 1.29 is 25.2 Å². The maximum atomic E-state index is 8.72. The summed E-state index contributed by atoms with van der Waals surface area (Å²) in [6.07, 6.45) is 25.8. The van der Waals surface area contributed by atoms with Crippen LogP contribution < -0.4 is 0 Å². The predicted octanol–water partition coefficient (Wildman–Crippen LogP) is 6.54.